The molecule has 2 N–H and O–H groups in total. The smallest absolute Gasteiger partial charge is 0.142 e. The van der Waals surface area contributed by atoms with Gasteiger partial charge in [-0.15, -0.1) is 0 Å². The topological polar surface area (TPSA) is 43.8 Å². The van der Waals surface area contributed by atoms with E-state index < -0.39 is 0 Å². The molecule has 0 fully saturated rings. The third-order valence-electron chi connectivity index (χ3n) is 2.91. The Kier molecular flexibility index (Phi) is 3.82. The van der Waals surface area contributed by atoms with Gasteiger partial charge in [-0.2, -0.15) is 5.10 Å². The van der Waals surface area contributed by atoms with E-state index in [-0.39, 0.29) is 11.9 Å². The van der Waals surface area contributed by atoms with Gasteiger partial charge in [0, 0.05) is 30.8 Å². The molecule has 0 radical (unpaired) electrons. The first-order valence-corrected chi connectivity index (χ1v) is 6.47. The summed E-state index contributed by atoms with van der Waals surface area (Å²) < 4.78 is 16.1. The van der Waals surface area contributed by atoms with Crippen LogP contribution < -0.4 is 5.73 Å². The number of nitrogens with zero attached hydrogens (tertiary/aromatic N) is 2. The van der Waals surface area contributed by atoms with E-state index in [1.54, 1.807) is 22.9 Å². The van der Waals surface area contributed by atoms with Crippen LogP contribution in [0.25, 0.3) is 0 Å². The van der Waals surface area contributed by atoms with Crippen LogP contribution in [0.1, 0.15) is 23.0 Å². The molecule has 2 rings (SSSR count). The van der Waals surface area contributed by atoms with Gasteiger partial charge in [0.15, 0.2) is 0 Å². The quantitative estimate of drug-likeness (QED) is 0.947. The molecule has 0 bridgehead atoms. The molecule has 96 valence electrons. The highest BCUT2D eigenvalue weighted by atomic mass is 79.9. The van der Waals surface area contributed by atoms with Gasteiger partial charge in [0.25, 0.3) is 0 Å². The van der Waals surface area contributed by atoms with Crippen LogP contribution in [0.5, 0.6) is 0 Å². The molecule has 1 aromatic heterocycles. The molecule has 1 unspecified atom stereocenters. The second kappa shape index (κ2) is 5.20. The van der Waals surface area contributed by atoms with E-state index >= 15 is 0 Å². The van der Waals surface area contributed by atoms with Gasteiger partial charge >= 0.3 is 0 Å². The molecule has 18 heavy (non-hydrogen) atoms. The lowest BCUT2D eigenvalue weighted by molar-refractivity contribution is 0.564. The van der Waals surface area contributed by atoms with E-state index in [9.17, 15) is 4.39 Å². The Bertz CT molecular complexity index is 565. The molecule has 1 aromatic carbocycles. The van der Waals surface area contributed by atoms with E-state index in [0.717, 1.165) is 11.4 Å². The minimum Gasteiger partial charge on any atom is -0.324 e. The fraction of sp³-hybridized carbons (Fsp3) is 0.308. The summed E-state index contributed by atoms with van der Waals surface area (Å²) in [4.78, 5) is 0. The summed E-state index contributed by atoms with van der Waals surface area (Å²) in [6.07, 6.45) is 0.560. The second-order valence-electron chi connectivity index (χ2n) is 4.35. The average molecular weight is 312 g/mol. The fourth-order valence-electron chi connectivity index (χ4n) is 2.00. The molecule has 1 atom stereocenters. The third-order valence-corrected chi connectivity index (χ3v) is 3.52. The van der Waals surface area contributed by atoms with Gasteiger partial charge in [-0.25, -0.2) is 4.39 Å². The Labute approximate surface area is 114 Å². The van der Waals surface area contributed by atoms with Crippen LogP contribution in [0.2, 0.25) is 0 Å². The summed E-state index contributed by atoms with van der Waals surface area (Å²) in [6.45, 7) is 1.93. The molecule has 0 saturated heterocycles. The second-order valence-corrected chi connectivity index (χ2v) is 5.21. The number of hydrogen-bond acceptors (Lipinski definition) is 2. The van der Waals surface area contributed by atoms with Gasteiger partial charge in [-0.3, -0.25) is 4.68 Å². The van der Waals surface area contributed by atoms with E-state index in [1.807, 2.05) is 20.0 Å². The van der Waals surface area contributed by atoms with Crippen LogP contribution in [0.15, 0.2) is 28.7 Å². The zero-order chi connectivity index (χ0) is 13.3. The van der Waals surface area contributed by atoms with Crippen LogP contribution in [0.4, 0.5) is 4.39 Å². The molecular formula is C13H15BrFN3. The Balaban J connectivity index is 2.24. The van der Waals surface area contributed by atoms with Crippen molar-refractivity contribution in [1.29, 1.82) is 0 Å². The minimum absolute atomic E-state index is 0.288. The number of hydrogen-bond donors (Lipinski definition) is 1. The Hall–Kier alpha value is -1.20. The Morgan fingerprint density at radius 1 is 1.50 bits per heavy atom. The van der Waals surface area contributed by atoms with Crippen molar-refractivity contribution >= 4 is 15.9 Å². The van der Waals surface area contributed by atoms with Gasteiger partial charge in [0.05, 0.1) is 10.2 Å². The average Bonchev–Trinajstić information content (AvgIpc) is 2.61. The van der Waals surface area contributed by atoms with Crippen molar-refractivity contribution in [1.82, 2.24) is 9.78 Å². The highest BCUT2D eigenvalue weighted by Gasteiger charge is 2.15. The third kappa shape index (κ3) is 2.62. The maximum atomic E-state index is 13.9. The van der Waals surface area contributed by atoms with Gasteiger partial charge in [-0.05, 0) is 35.0 Å². The molecule has 3 nitrogen and oxygen atoms in total. The number of aryl methyl sites for hydroxylation is 2. The molecule has 2 aromatic rings. The normalized spacial score (nSPS) is 12.7. The van der Waals surface area contributed by atoms with Crippen LogP contribution in [0.3, 0.4) is 0 Å². The lowest BCUT2D eigenvalue weighted by atomic mass is 10.0. The minimum atomic E-state index is -0.378. The van der Waals surface area contributed by atoms with Crippen molar-refractivity contribution in [3.05, 3.63) is 51.5 Å². The van der Waals surface area contributed by atoms with Gasteiger partial charge in [0.1, 0.15) is 5.82 Å². The number of benzene rings is 1. The van der Waals surface area contributed by atoms with Crippen molar-refractivity contribution in [2.24, 2.45) is 12.8 Å². The molecule has 0 aliphatic heterocycles. The van der Waals surface area contributed by atoms with E-state index in [1.165, 1.54) is 0 Å². The van der Waals surface area contributed by atoms with Crippen LogP contribution in [0, 0.1) is 12.7 Å². The number of aromatic nitrogens is 2. The van der Waals surface area contributed by atoms with Gasteiger partial charge < -0.3 is 5.73 Å². The number of rotatable bonds is 3. The standard InChI is InChI=1S/C13H15BrFN3/c1-8-6-9(18(2)17-8)7-12(16)10-4-3-5-11(14)13(10)15/h3-6,12H,7,16H2,1-2H3. The first kappa shape index (κ1) is 13.2. The first-order chi connectivity index (χ1) is 8.49. The summed E-state index contributed by atoms with van der Waals surface area (Å²) in [5.41, 5.74) is 8.53. The predicted octanol–water partition coefficient (Wildman–Crippen LogP) is 2.87. The maximum Gasteiger partial charge on any atom is 0.142 e. The summed E-state index contributed by atoms with van der Waals surface area (Å²) in [5, 5.41) is 4.26. The summed E-state index contributed by atoms with van der Waals surface area (Å²) >= 11 is 3.17. The molecule has 0 saturated carbocycles. The highest BCUT2D eigenvalue weighted by molar-refractivity contribution is 9.10. The Morgan fingerprint density at radius 3 is 2.83 bits per heavy atom. The Morgan fingerprint density at radius 2 is 2.22 bits per heavy atom. The van der Waals surface area contributed by atoms with Crippen molar-refractivity contribution in [2.75, 3.05) is 0 Å². The van der Waals surface area contributed by atoms with E-state index in [2.05, 4.69) is 21.0 Å². The van der Waals surface area contributed by atoms with Crippen molar-refractivity contribution in [2.45, 2.75) is 19.4 Å². The monoisotopic (exact) mass is 311 g/mol. The fourth-order valence-corrected chi connectivity index (χ4v) is 2.38. The van der Waals surface area contributed by atoms with Gasteiger partial charge in [0.2, 0.25) is 0 Å². The molecule has 0 amide bonds. The van der Waals surface area contributed by atoms with Crippen LogP contribution in [-0.4, -0.2) is 9.78 Å². The lowest BCUT2D eigenvalue weighted by Gasteiger charge is -2.13. The lowest BCUT2D eigenvalue weighted by Crippen LogP contribution is -2.17. The zero-order valence-corrected chi connectivity index (χ0v) is 11.9. The highest BCUT2D eigenvalue weighted by Crippen LogP contribution is 2.24. The molecule has 5 heteroatoms. The van der Waals surface area contributed by atoms with Gasteiger partial charge in [-0.1, -0.05) is 12.1 Å². The predicted molar refractivity (Wildman–Crippen MR) is 72.7 cm³/mol. The molecular weight excluding hydrogens is 297 g/mol. The molecule has 0 aliphatic rings. The first-order valence-electron chi connectivity index (χ1n) is 5.68. The SMILES string of the molecule is Cc1cc(CC(N)c2cccc(Br)c2F)n(C)n1. The van der Waals surface area contributed by atoms with Crippen LogP contribution >= 0.6 is 15.9 Å². The largest absolute Gasteiger partial charge is 0.324 e. The maximum absolute atomic E-state index is 13.9. The van der Waals surface area contributed by atoms with E-state index in [4.69, 9.17) is 5.73 Å². The molecule has 1 heterocycles. The van der Waals surface area contributed by atoms with Crippen molar-refractivity contribution in [3.63, 3.8) is 0 Å². The number of halogens is 2. The molecule has 0 spiro atoms. The van der Waals surface area contributed by atoms with Crippen LogP contribution in [-0.2, 0) is 13.5 Å². The van der Waals surface area contributed by atoms with Crippen molar-refractivity contribution < 1.29 is 4.39 Å². The van der Waals surface area contributed by atoms with Crippen molar-refractivity contribution in [3.8, 4) is 0 Å². The number of nitrogens with two attached hydrogens (primary N) is 1. The van der Waals surface area contributed by atoms with E-state index in [0.29, 0.717) is 16.5 Å². The molecule has 0 aliphatic carbocycles. The summed E-state index contributed by atoms with van der Waals surface area (Å²) in [7, 11) is 1.87. The summed E-state index contributed by atoms with van der Waals surface area (Å²) in [5.74, 6) is -0.288. The zero-order valence-electron chi connectivity index (χ0n) is 10.3. The summed E-state index contributed by atoms with van der Waals surface area (Å²) in [6, 6.07) is 6.76.